The van der Waals surface area contributed by atoms with E-state index in [2.05, 4.69) is 20.8 Å². The van der Waals surface area contributed by atoms with E-state index in [1.165, 1.54) is 173 Å². The average Bonchev–Trinajstić information content (AvgIpc) is 3.96. The van der Waals surface area contributed by atoms with Gasteiger partial charge in [-0.15, -0.1) is 23.2 Å². The van der Waals surface area contributed by atoms with Crippen LogP contribution in [-0.2, 0) is 33.4 Å². The highest BCUT2D eigenvalue weighted by atomic mass is 35.5. The molecule has 446 valence electrons. The lowest BCUT2D eigenvalue weighted by Crippen LogP contribution is -2.36. The van der Waals surface area contributed by atoms with Crippen molar-refractivity contribution in [3.63, 3.8) is 0 Å². The van der Waals surface area contributed by atoms with Crippen molar-refractivity contribution in [2.75, 3.05) is 25.2 Å². The van der Waals surface area contributed by atoms with Crippen molar-refractivity contribution in [3.05, 3.63) is 0 Å². The Hall–Kier alpha value is -1.47. The van der Waals surface area contributed by atoms with Crippen LogP contribution in [0.15, 0.2) is 0 Å². The molecule has 3 saturated heterocycles. The van der Waals surface area contributed by atoms with E-state index >= 15 is 0 Å². The Balaban J connectivity index is 0. The zero-order chi connectivity index (χ0) is 55.7. The Bertz CT molecular complexity index is 1370. The number of aliphatic hydroxyl groups excluding tert-OH is 1. The fourth-order valence-corrected chi connectivity index (χ4v) is 10.8. The molecule has 14 heteroatoms. The Labute approximate surface area is 466 Å². The number of carbonyl (C=O) groups excluding carboxylic acids is 3. The number of esters is 1. The predicted octanol–water partition coefficient (Wildman–Crippen LogP) is 18.1. The van der Waals surface area contributed by atoms with Crippen molar-refractivity contribution in [1.82, 2.24) is 0 Å². The Morgan fingerprint density at radius 3 is 1.32 bits per heavy atom. The zero-order valence-electron chi connectivity index (χ0n) is 47.9. The molecule has 9 nitrogen and oxygen atoms in total. The third kappa shape index (κ3) is 38.7. The molecule has 3 saturated carbocycles. The summed E-state index contributed by atoms with van der Waals surface area (Å²) in [5, 5.41) is 17.6. The molecule has 0 radical (unpaired) electrons. The second-order valence-electron chi connectivity index (χ2n) is 22.4. The lowest BCUT2D eigenvalue weighted by molar-refractivity contribution is -0.192. The highest BCUT2D eigenvalue weighted by Crippen LogP contribution is 2.39. The SMILES string of the molecule is C.C1CCOC1.CCC(C)=O.CCCCCC1CCC(C(O)CCC(C)C(C)=O)CC1.CCCCCC1CCC(C2CCC(C)C(=O)O2)CC1.CCCCCC1CCC(C2CCO2)CC1.ClCCl.O=C(O)C(F)(F)F. The van der Waals surface area contributed by atoms with Crippen LogP contribution in [0.3, 0.4) is 0 Å². The number of rotatable bonds is 20. The predicted molar refractivity (Wildman–Crippen MR) is 305 cm³/mol. The van der Waals surface area contributed by atoms with Crippen molar-refractivity contribution < 1.29 is 56.8 Å². The van der Waals surface area contributed by atoms with E-state index in [1.54, 1.807) is 13.8 Å². The summed E-state index contributed by atoms with van der Waals surface area (Å²) in [5.74, 6) is 2.97. The smallest absolute Gasteiger partial charge is 0.475 e. The molecule has 0 amide bonds. The monoisotopic (exact) mass is 1120 g/mol. The van der Waals surface area contributed by atoms with Gasteiger partial charge < -0.3 is 29.2 Å². The minimum atomic E-state index is -5.08. The molecule has 3 heterocycles. The molecular formula is C61H113Cl2F3O9. The van der Waals surface area contributed by atoms with Gasteiger partial charge in [0.05, 0.1) is 23.5 Å². The van der Waals surface area contributed by atoms with Crippen LogP contribution in [0.4, 0.5) is 13.2 Å². The van der Waals surface area contributed by atoms with Crippen LogP contribution in [0, 0.1) is 47.3 Å². The number of Topliss-reactive ketones (excluding diaryl/α,β-unsaturated/α-hetero) is 2. The first-order valence-electron chi connectivity index (χ1n) is 29.8. The summed E-state index contributed by atoms with van der Waals surface area (Å²) in [6, 6.07) is 0. The van der Waals surface area contributed by atoms with E-state index in [4.69, 9.17) is 47.3 Å². The summed E-state index contributed by atoms with van der Waals surface area (Å²) in [6.45, 7) is 18.9. The van der Waals surface area contributed by atoms with Crippen molar-refractivity contribution in [1.29, 1.82) is 0 Å². The lowest BCUT2D eigenvalue weighted by atomic mass is 9.76. The van der Waals surface area contributed by atoms with Crippen molar-refractivity contribution in [2.45, 2.75) is 293 Å². The lowest BCUT2D eigenvalue weighted by Gasteiger charge is -2.38. The highest BCUT2D eigenvalue weighted by Gasteiger charge is 2.38. The number of hydrogen-bond acceptors (Lipinski definition) is 8. The van der Waals surface area contributed by atoms with E-state index in [-0.39, 0.29) is 54.3 Å². The van der Waals surface area contributed by atoms with Gasteiger partial charge in [0.25, 0.3) is 0 Å². The number of unbranched alkanes of at least 4 members (excludes halogenated alkanes) is 6. The molecule has 5 unspecified atom stereocenters. The number of ether oxygens (including phenoxy) is 3. The topological polar surface area (TPSA) is 136 Å². The number of carboxylic acid groups (broad SMARTS) is 1. The van der Waals surface area contributed by atoms with Gasteiger partial charge in [-0.1, -0.05) is 165 Å². The Morgan fingerprint density at radius 2 is 1.03 bits per heavy atom. The van der Waals surface area contributed by atoms with E-state index in [9.17, 15) is 32.7 Å². The maximum absolute atomic E-state index is 11.7. The van der Waals surface area contributed by atoms with Gasteiger partial charge in [0.15, 0.2) is 0 Å². The van der Waals surface area contributed by atoms with Gasteiger partial charge >= 0.3 is 18.1 Å². The van der Waals surface area contributed by atoms with Crippen LogP contribution < -0.4 is 0 Å². The summed E-state index contributed by atoms with van der Waals surface area (Å²) in [6.07, 6.45) is 36.8. The summed E-state index contributed by atoms with van der Waals surface area (Å²) in [5.41, 5.74) is 0. The van der Waals surface area contributed by atoms with Crippen molar-refractivity contribution >= 4 is 46.7 Å². The van der Waals surface area contributed by atoms with Gasteiger partial charge in [-0.3, -0.25) is 9.59 Å². The van der Waals surface area contributed by atoms with E-state index in [0.717, 1.165) is 69.2 Å². The Kier molecular flexibility index (Phi) is 47.7. The van der Waals surface area contributed by atoms with Crippen LogP contribution >= 0.6 is 23.2 Å². The molecule has 0 aromatic carbocycles. The molecule has 0 aromatic heterocycles. The minimum absolute atomic E-state index is 0. The maximum Gasteiger partial charge on any atom is 0.490 e. The van der Waals surface area contributed by atoms with Gasteiger partial charge in [0.2, 0.25) is 0 Å². The van der Waals surface area contributed by atoms with Gasteiger partial charge in [0.1, 0.15) is 17.7 Å². The van der Waals surface area contributed by atoms with Gasteiger partial charge in [0, 0.05) is 32.2 Å². The second kappa shape index (κ2) is 47.3. The fourth-order valence-electron chi connectivity index (χ4n) is 10.8. The van der Waals surface area contributed by atoms with E-state index < -0.39 is 12.1 Å². The van der Waals surface area contributed by atoms with E-state index in [1.807, 2.05) is 20.8 Å². The summed E-state index contributed by atoms with van der Waals surface area (Å²) in [4.78, 5) is 41.6. The number of hydrogen-bond donors (Lipinski definition) is 2. The van der Waals surface area contributed by atoms with Crippen molar-refractivity contribution in [2.24, 2.45) is 47.3 Å². The molecule has 3 aliphatic carbocycles. The number of carbonyl (C=O) groups is 4. The molecule has 0 bridgehead atoms. The summed E-state index contributed by atoms with van der Waals surface area (Å²) < 4.78 is 47.9. The number of alkyl halides is 5. The normalized spacial score (nSPS) is 26.7. The quantitative estimate of drug-likeness (QED) is 0.0694. The van der Waals surface area contributed by atoms with Crippen LogP contribution in [0.25, 0.3) is 0 Å². The molecule has 75 heavy (non-hydrogen) atoms. The van der Waals surface area contributed by atoms with Crippen molar-refractivity contribution in [3.8, 4) is 0 Å². The summed E-state index contributed by atoms with van der Waals surface area (Å²) >= 11 is 9.53. The van der Waals surface area contributed by atoms with Gasteiger partial charge in [-0.2, -0.15) is 13.2 Å². The number of halogens is 5. The molecule has 6 aliphatic rings. The average molecular weight is 1120 g/mol. The maximum atomic E-state index is 11.7. The molecule has 6 fully saturated rings. The van der Waals surface area contributed by atoms with Crippen LogP contribution in [-0.4, -0.2) is 83.4 Å². The first kappa shape index (κ1) is 75.6. The van der Waals surface area contributed by atoms with Gasteiger partial charge in [-0.25, -0.2) is 4.79 Å². The first-order valence-corrected chi connectivity index (χ1v) is 30.8. The first-order chi connectivity index (χ1) is 35.3. The molecule has 5 atom stereocenters. The highest BCUT2D eigenvalue weighted by molar-refractivity contribution is 6.40. The molecule has 0 aromatic rings. The van der Waals surface area contributed by atoms with E-state index in [0.29, 0.717) is 24.4 Å². The third-order valence-corrected chi connectivity index (χ3v) is 16.4. The fraction of sp³-hybridized carbons (Fsp3) is 0.934. The Morgan fingerprint density at radius 1 is 0.640 bits per heavy atom. The van der Waals surface area contributed by atoms with Crippen LogP contribution in [0.2, 0.25) is 0 Å². The number of aliphatic carboxylic acids is 1. The molecule has 6 rings (SSSR count). The molecule has 3 aliphatic heterocycles. The number of carboxylic acids is 1. The molecule has 0 spiro atoms. The number of cyclic esters (lactones) is 1. The number of aliphatic hydroxyl groups is 1. The van der Waals surface area contributed by atoms with Gasteiger partial charge in [-0.05, 0) is 133 Å². The molecule has 2 N–H and O–H groups in total. The summed E-state index contributed by atoms with van der Waals surface area (Å²) in [7, 11) is 0. The molecular weight excluding hydrogens is 1000 g/mol. The number of ketones is 2. The third-order valence-electron chi connectivity index (χ3n) is 16.4. The largest absolute Gasteiger partial charge is 0.490 e. The second-order valence-corrected chi connectivity index (χ2v) is 23.2. The standard InChI is InChI=1S/C18H34O2.C17H30O2.C14H26O.2C4H8O.C2HF3O2.CH2Cl2.CH4/c1-4-5-6-7-16-9-11-17(12-10-16)18(20)13-8-14(2)15(3)19;1-3-4-5-6-14-8-10-15(11-9-14)16-12-7-13(2)17(18)19-16;1-2-3-4-5-12-6-8-13(9-7-12)14-10-11-15-14;1-2-4-5-3-1;1-3-4(2)5;3-2(4,5)1(6)7;2-1-3;/h14,16-18,20H,4-13H2,1-3H3;13-16H,3-12H2,1-2H3;12-14H,2-11H2,1H3;1-4H2;3H2,1-2H3;(H,6,7);1H2;1H4. The van der Waals surface area contributed by atoms with Crippen LogP contribution in [0.5, 0.6) is 0 Å². The zero-order valence-corrected chi connectivity index (χ0v) is 49.5. The minimum Gasteiger partial charge on any atom is -0.475 e. The van der Waals surface area contributed by atoms with Crippen LogP contribution in [0.1, 0.15) is 268 Å².